The van der Waals surface area contributed by atoms with Crippen LogP contribution >= 0.6 is 0 Å². The normalized spacial score (nSPS) is 26.1. The molecule has 1 aliphatic heterocycles. The highest BCUT2D eigenvalue weighted by Gasteiger charge is 2.32. The molecule has 2 fully saturated rings. The molecule has 3 rings (SSSR count). The molecular weight excluding hydrogens is 253 g/mol. The Kier molecular flexibility index (Phi) is 3.64. The molecule has 2 aliphatic rings. The number of halogens is 1. The molecule has 0 aromatic heterocycles. The molecule has 108 valence electrons. The van der Waals surface area contributed by atoms with Gasteiger partial charge in [0.2, 0.25) is 0 Å². The second-order valence-electron chi connectivity index (χ2n) is 6.09. The first-order valence-electron chi connectivity index (χ1n) is 7.54. The lowest BCUT2D eigenvalue weighted by molar-refractivity contribution is 0.202. The Labute approximate surface area is 119 Å². The molecule has 1 saturated heterocycles. The second kappa shape index (κ2) is 5.43. The van der Waals surface area contributed by atoms with Crippen LogP contribution in [0.15, 0.2) is 18.2 Å². The van der Waals surface area contributed by atoms with Crippen molar-refractivity contribution in [1.82, 2.24) is 0 Å². The highest BCUT2D eigenvalue weighted by molar-refractivity contribution is 6.00. The molecular formula is C16H22FN3. The van der Waals surface area contributed by atoms with E-state index >= 15 is 0 Å². The van der Waals surface area contributed by atoms with Crippen LogP contribution in [0.25, 0.3) is 0 Å². The highest BCUT2D eigenvalue weighted by atomic mass is 19.1. The Bertz CT molecular complexity index is 514. The van der Waals surface area contributed by atoms with Crippen LogP contribution in [-0.4, -0.2) is 18.9 Å². The smallest absolute Gasteiger partial charge is 0.136 e. The number of nitrogens with zero attached hydrogens (tertiary/aromatic N) is 1. The summed E-state index contributed by atoms with van der Waals surface area (Å²) in [5, 5.41) is 7.63. The van der Waals surface area contributed by atoms with Gasteiger partial charge >= 0.3 is 0 Å². The molecule has 1 heterocycles. The third-order valence-corrected chi connectivity index (χ3v) is 4.89. The molecule has 2 unspecified atom stereocenters. The van der Waals surface area contributed by atoms with Crippen LogP contribution < -0.4 is 10.6 Å². The fourth-order valence-electron chi connectivity index (χ4n) is 3.86. The van der Waals surface area contributed by atoms with Crippen LogP contribution in [0.1, 0.15) is 37.7 Å². The summed E-state index contributed by atoms with van der Waals surface area (Å²) >= 11 is 0. The zero-order valence-electron chi connectivity index (χ0n) is 11.7. The fraction of sp³-hybridized carbons (Fsp3) is 0.562. The van der Waals surface area contributed by atoms with Crippen molar-refractivity contribution in [1.29, 1.82) is 5.41 Å². The Hall–Kier alpha value is -1.58. The molecule has 0 bridgehead atoms. The summed E-state index contributed by atoms with van der Waals surface area (Å²) < 4.78 is 13.9. The van der Waals surface area contributed by atoms with Gasteiger partial charge in [-0.25, -0.2) is 4.39 Å². The number of fused-ring (bicyclic) bond motifs is 1. The van der Waals surface area contributed by atoms with E-state index < -0.39 is 0 Å². The molecule has 1 aliphatic carbocycles. The van der Waals surface area contributed by atoms with E-state index in [2.05, 4.69) is 4.90 Å². The molecule has 20 heavy (non-hydrogen) atoms. The number of nitrogens with one attached hydrogen (secondary N) is 1. The van der Waals surface area contributed by atoms with Crippen molar-refractivity contribution < 1.29 is 4.39 Å². The van der Waals surface area contributed by atoms with Crippen molar-refractivity contribution in [2.45, 2.75) is 32.1 Å². The van der Waals surface area contributed by atoms with Crippen LogP contribution in [-0.2, 0) is 0 Å². The summed E-state index contributed by atoms with van der Waals surface area (Å²) in [5.74, 6) is 1.000. The van der Waals surface area contributed by atoms with Gasteiger partial charge in [-0.3, -0.25) is 5.41 Å². The highest BCUT2D eigenvalue weighted by Crippen LogP contribution is 2.38. The zero-order chi connectivity index (χ0) is 14.1. The number of benzene rings is 1. The summed E-state index contributed by atoms with van der Waals surface area (Å²) in [6.07, 6.45) is 6.49. The van der Waals surface area contributed by atoms with Crippen molar-refractivity contribution in [3.63, 3.8) is 0 Å². The molecule has 0 amide bonds. The predicted molar refractivity (Wildman–Crippen MR) is 79.7 cm³/mol. The summed E-state index contributed by atoms with van der Waals surface area (Å²) in [4.78, 5) is 2.23. The van der Waals surface area contributed by atoms with Gasteiger partial charge in [0.1, 0.15) is 11.7 Å². The Morgan fingerprint density at radius 2 is 1.95 bits per heavy atom. The molecule has 2 atom stereocenters. The number of nitrogen functional groups attached to an aromatic ring is 1. The first-order chi connectivity index (χ1) is 9.66. The van der Waals surface area contributed by atoms with Crippen molar-refractivity contribution >= 4 is 11.5 Å². The number of piperidine rings is 1. The van der Waals surface area contributed by atoms with Crippen molar-refractivity contribution in [3.8, 4) is 0 Å². The number of anilines is 1. The van der Waals surface area contributed by atoms with E-state index in [9.17, 15) is 4.39 Å². The van der Waals surface area contributed by atoms with Gasteiger partial charge in [0.25, 0.3) is 0 Å². The van der Waals surface area contributed by atoms with E-state index in [1.165, 1.54) is 38.2 Å². The SMILES string of the molecule is N=C(N)c1c(F)cccc1N1CCC2CCCCC2C1. The van der Waals surface area contributed by atoms with Crippen molar-refractivity contribution in [3.05, 3.63) is 29.6 Å². The average Bonchev–Trinajstić information content (AvgIpc) is 2.46. The summed E-state index contributed by atoms with van der Waals surface area (Å²) in [6, 6.07) is 4.99. The standard InChI is InChI=1S/C16H22FN3/c17-13-6-3-7-14(15(13)16(18)19)20-9-8-11-4-1-2-5-12(11)10-20/h3,6-7,11-12H,1-2,4-5,8-10H2,(H3,18,19). The van der Waals surface area contributed by atoms with Gasteiger partial charge in [-0.1, -0.05) is 25.3 Å². The van der Waals surface area contributed by atoms with Gasteiger partial charge < -0.3 is 10.6 Å². The van der Waals surface area contributed by atoms with E-state index in [-0.39, 0.29) is 17.2 Å². The molecule has 0 radical (unpaired) electrons. The van der Waals surface area contributed by atoms with E-state index in [0.29, 0.717) is 0 Å². The lowest BCUT2D eigenvalue weighted by atomic mass is 9.75. The maximum atomic E-state index is 13.9. The van der Waals surface area contributed by atoms with Crippen molar-refractivity contribution in [2.75, 3.05) is 18.0 Å². The van der Waals surface area contributed by atoms with E-state index in [1.807, 2.05) is 6.07 Å². The van der Waals surface area contributed by atoms with E-state index in [0.717, 1.165) is 30.6 Å². The van der Waals surface area contributed by atoms with E-state index in [1.54, 1.807) is 6.07 Å². The maximum absolute atomic E-state index is 13.9. The average molecular weight is 275 g/mol. The van der Waals surface area contributed by atoms with Gasteiger partial charge in [0.05, 0.1) is 11.3 Å². The predicted octanol–water partition coefficient (Wildman–Crippen LogP) is 3.13. The summed E-state index contributed by atoms with van der Waals surface area (Å²) in [7, 11) is 0. The number of nitrogens with two attached hydrogens (primary N) is 1. The number of amidine groups is 1. The topological polar surface area (TPSA) is 53.1 Å². The van der Waals surface area contributed by atoms with E-state index in [4.69, 9.17) is 11.1 Å². The number of hydrogen-bond acceptors (Lipinski definition) is 2. The lowest BCUT2D eigenvalue weighted by Crippen LogP contribution is -2.42. The maximum Gasteiger partial charge on any atom is 0.136 e. The van der Waals surface area contributed by atoms with Gasteiger partial charge in [0.15, 0.2) is 0 Å². The van der Waals surface area contributed by atoms with Gasteiger partial charge in [-0.15, -0.1) is 0 Å². The third kappa shape index (κ3) is 2.39. The van der Waals surface area contributed by atoms with Gasteiger partial charge in [-0.2, -0.15) is 0 Å². The first-order valence-corrected chi connectivity index (χ1v) is 7.54. The van der Waals surface area contributed by atoms with Crippen molar-refractivity contribution in [2.24, 2.45) is 17.6 Å². The van der Waals surface area contributed by atoms with Crippen LogP contribution in [0.4, 0.5) is 10.1 Å². The number of hydrogen-bond donors (Lipinski definition) is 2. The Balaban J connectivity index is 1.86. The minimum atomic E-state index is -0.388. The summed E-state index contributed by atoms with van der Waals surface area (Å²) in [5.41, 5.74) is 6.63. The van der Waals surface area contributed by atoms with Gasteiger partial charge in [0, 0.05) is 13.1 Å². The molecule has 3 nitrogen and oxygen atoms in total. The third-order valence-electron chi connectivity index (χ3n) is 4.89. The monoisotopic (exact) mass is 275 g/mol. The largest absolute Gasteiger partial charge is 0.384 e. The number of rotatable bonds is 2. The van der Waals surface area contributed by atoms with Crippen LogP contribution in [0.2, 0.25) is 0 Å². The van der Waals surface area contributed by atoms with Gasteiger partial charge in [-0.05, 0) is 36.8 Å². The second-order valence-corrected chi connectivity index (χ2v) is 6.09. The molecule has 1 saturated carbocycles. The molecule has 4 heteroatoms. The first kappa shape index (κ1) is 13.4. The Morgan fingerprint density at radius 3 is 2.70 bits per heavy atom. The minimum absolute atomic E-state index is 0.177. The molecule has 3 N–H and O–H groups in total. The van der Waals surface area contributed by atoms with Crippen LogP contribution in [0, 0.1) is 23.1 Å². The van der Waals surface area contributed by atoms with Crippen LogP contribution in [0.3, 0.4) is 0 Å². The molecule has 1 aromatic rings. The minimum Gasteiger partial charge on any atom is -0.384 e. The quantitative estimate of drug-likeness (QED) is 0.643. The van der Waals surface area contributed by atoms with Crippen LogP contribution in [0.5, 0.6) is 0 Å². The molecule has 0 spiro atoms. The zero-order valence-corrected chi connectivity index (χ0v) is 11.7. The Morgan fingerprint density at radius 1 is 1.20 bits per heavy atom. The summed E-state index contributed by atoms with van der Waals surface area (Å²) in [6.45, 7) is 1.93. The molecule has 1 aromatic carbocycles. The lowest BCUT2D eigenvalue weighted by Gasteiger charge is -2.42. The fourth-order valence-corrected chi connectivity index (χ4v) is 3.86.